The van der Waals surface area contributed by atoms with Crippen molar-refractivity contribution in [1.29, 1.82) is 0 Å². The van der Waals surface area contributed by atoms with E-state index in [9.17, 15) is 4.79 Å². The van der Waals surface area contributed by atoms with E-state index in [-0.39, 0.29) is 6.61 Å². The molecule has 1 N–H and O–H groups in total. The van der Waals surface area contributed by atoms with Gasteiger partial charge >= 0.3 is 6.09 Å². The molecule has 15 heavy (non-hydrogen) atoms. The number of ether oxygens (including phenoxy) is 1. The van der Waals surface area contributed by atoms with Crippen LogP contribution in [0.1, 0.15) is 0 Å². The molecule has 0 aliphatic heterocycles. The normalized spacial score (nSPS) is 11.4. The number of alkyl halides is 3. The van der Waals surface area contributed by atoms with Gasteiger partial charge in [-0.3, -0.25) is 5.32 Å². The van der Waals surface area contributed by atoms with E-state index in [1.54, 1.807) is 5.41 Å². The Kier molecular flexibility index (Phi) is 8.65. The molecule has 0 unspecified atom stereocenters. The first-order valence-electron chi connectivity index (χ1n) is 3.57. The molecule has 0 saturated carbocycles. The predicted molar refractivity (Wildman–Crippen MR) is 69.0 cm³/mol. The quantitative estimate of drug-likeness (QED) is 0.481. The standard InChI is InChI=1S/C7H7Cl3NO2S2/c8-7(9,10)5-13-6(12)11-1-3-15-4-2-14/h1,3H,4-5H2,(H,11,12)/b3-1+. The SMILES string of the molecule is O=C(N/C=C/SC[C]=S)OCC(Cl)(Cl)Cl. The first kappa shape index (κ1) is 15.3. The zero-order valence-corrected chi connectivity index (χ0v) is 11.2. The van der Waals surface area contributed by atoms with Crippen molar-refractivity contribution in [3.05, 3.63) is 11.6 Å². The molecule has 0 heterocycles. The first-order chi connectivity index (χ1) is 6.95. The maximum Gasteiger partial charge on any atom is 0.411 e. The number of rotatable bonds is 5. The van der Waals surface area contributed by atoms with E-state index in [0.717, 1.165) is 0 Å². The second-order valence-corrected chi connectivity index (χ2v) is 5.79. The van der Waals surface area contributed by atoms with E-state index in [2.05, 4.69) is 27.6 Å². The Bertz CT molecular complexity index is 243. The summed E-state index contributed by atoms with van der Waals surface area (Å²) < 4.78 is 2.98. The van der Waals surface area contributed by atoms with Gasteiger partial charge < -0.3 is 4.74 Å². The monoisotopic (exact) mass is 306 g/mol. The van der Waals surface area contributed by atoms with Gasteiger partial charge in [-0.05, 0) is 5.41 Å². The van der Waals surface area contributed by atoms with Crippen LogP contribution in [0.2, 0.25) is 0 Å². The minimum absolute atomic E-state index is 0.307. The van der Waals surface area contributed by atoms with Crippen LogP contribution >= 0.6 is 58.8 Å². The van der Waals surface area contributed by atoms with Crippen LogP contribution < -0.4 is 5.32 Å². The summed E-state index contributed by atoms with van der Waals surface area (Å²) in [6.45, 7) is -0.307. The molecule has 0 aromatic heterocycles. The molecular weight excluding hydrogens is 301 g/mol. The highest BCUT2D eigenvalue weighted by Crippen LogP contribution is 2.25. The highest BCUT2D eigenvalue weighted by atomic mass is 35.6. The fourth-order valence-corrected chi connectivity index (χ4v) is 1.12. The Labute approximate surface area is 112 Å². The van der Waals surface area contributed by atoms with Crippen LogP contribution in [0.5, 0.6) is 0 Å². The van der Waals surface area contributed by atoms with Crippen LogP contribution in [0.4, 0.5) is 4.79 Å². The van der Waals surface area contributed by atoms with Crippen molar-refractivity contribution >= 4 is 70.2 Å². The highest BCUT2D eigenvalue weighted by Gasteiger charge is 2.21. The number of carbonyl (C=O) groups is 1. The summed E-state index contributed by atoms with van der Waals surface area (Å²) in [5, 5.41) is 6.45. The summed E-state index contributed by atoms with van der Waals surface area (Å²) in [4.78, 5) is 10.9. The van der Waals surface area contributed by atoms with Crippen LogP contribution in [0, 0.1) is 0 Å². The van der Waals surface area contributed by atoms with Crippen molar-refractivity contribution < 1.29 is 9.53 Å². The van der Waals surface area contributed by atoms with Crippen molar-refractivity contribution in [2.75, 3.05) is 12.4 Å². The van der Waals surface area contributed by atoms with E-state index in [1.807, 2.05) is 0 Å². The summed E-state index contributed by atoms with van der Waals surface area (Å²) >= 11 is 21.9. The number of carbonyl (C=O) groups excluding carboxylic acids is 1. The Morgan fingerprint density at radius 3 is 2.80 bits per heavy atom. The van der Waals surface area contributed by atoms with Crippen molar-refractivity contribution in [2.45, 2.75) is 3.79 Å². The molecular formula is C7H7Cl3NO2S2. The van der Waals surface area contributed by atoms with Crippen molar-refractivity contribution in [1.82, 2.24) is 5.32 Å². The third kappa shape index (κ3) is 12.3. The van der Waals surface area contributed by atoms with Crippen LogP contribution in [0.3, 0.4) is 0 Å². The maximum atomic E-state index is 10.9. The molecule has 0 rings (SSSR count). The minimum atomic E-state index is -1.60. The Hall–Kier alpha value is 0.320. The zero-order chi connectivity index (χ0) is 11.7. The number of hydrogen-bond acceptors (Lipinski definition) is 4. The zero-order valence-electron chi connectivity index (χ0n) is 7.34. The molecule has 0 aromatic rings. The van der Waals surface area contributed by atoms with Crippen molar-refractivity contribution in [3.8, 4) is 0 Å². The molecule has 8 heteroatoms. The average molecular weight is 308 g/mol. The molecule has 0 aliphatic rings. The van der Waals surface area contributed by atoms with Gasteiger partial charge in [-0.2, -0.15) is 0 Å². The third-order valence-corrected chi connectivity index (χ3v) is 2.17. The summed E-state index contributed by atoms with van der Waals surface area (Å²) in [5.41, 5.74) is 0. The Balaban J connectivity index is 3.57. The highest BCUT2D eigenvalue weighted by molar-refractivity contribution is 8.03. The molecule has 0 saturated heterocycles. The summed E-state index contributed by atoms with van der Waals surface area (Å²) in [6, 6.07) is 0. The number of thiocarbonyl (C=S) groups is 1. The average Bonchev–Trinajstić information content (AvgIpc) is 2.13. The van der Waals surface area contributed by atoms with Gasteiger partial charge in [-0.25, -0.2) is 4.79 Å². The third-order valence-electron chi connectivity index (χ3n) is 0.875. The van der Waals surface area contributed by atoms with Crippen LogP contribution in [0.25, 0.3) is 0 Å². The predicted octanol–water partition coefficient (Wildman–Crippen LogP) is 3.16. The molecule has 0 atom stereocenters. The first-order valence-corrected chi connectivity index (χ1v) is 6.16. The van der Waals surface area contributed by atoms with Gasteiger partial charge in [0.2, 0.25) is 3.79 Å². The summed E-state index contributed by atoms with van der Waals surface area (Å²) in [6.07, 6.45) is 0.711. The smallest absolute Gasteiger partial charge is 0.411 e. The molecule has 0 spiro atoms. The number of nitrogens with one attached hydrogen (secondary N) is 1. The van der Waals surface area contributed by atoms with Crippen LogP contribution in [0.15, 0.2) is 11.6 Å². The molecule has 1 radical (unpaired) electrons. The number of amides is 1. The van der Waals surface area contributed by atoms with E-state index < -0.39 is 9.89 Å². The van der Waals surface area contributed by atoms with Gasteiger partial charge in [0, 0.05) is 17.3 Å². The van der Waals surface area contributed by atoms with Gasteiger partial charge in [-0.1, -0.05) is 47.0 Å². The molecule has 0 bridgehead atoms. The number of thioether (sulfide) groups is 1. The molecule has 85 valence electrons. The van der Waals surface area contributed by atoms with Gasteiger partial charge in [-0.15, -0.1) is 11.8 Å². The number of halogens is 3. The van der Waals surface area contributed by atoms with Crippen LogP contribution in [-0.4, -0.2) is 27.6 Å². The lowest BCUT2D eigenvalue weighted by Crippen LogP contribution is -2.24. The van der Waals surface area contributed by atoms with Gasteiger partial charge in [0.25, 0.3) is 0 Å². The Morgan fingerprint density at radius 2 is 2.27 bits per heavy atom. The molecule has 0 aromatic carbocycles. The van der Waals surface area contributed by atoms with Gasteiger partial charge in [0.05, 0.1) is 0 Å². The summed E-state index contributed by atoms with van der Waals surface area (Å²) in [7, 11) is 0. The molecule has 3 nitrogen and oxygen atoms in total. The number of alkyl carbamates (subject to hydrolysis) is 1. The van der Waals surface area contributed by atoms with E-state index >= 15 is 0 Å². The lowest BCUT2D eigenvalue weighted by molar-refractivity contribution is 0.152. The van der Waals surface area contributed by atoms with Gasteiger partial charge in [0.15, 0.2) is 0 Å². The molecule has 0 aliphatic carbocycles. The fourth-order valence-electron chi connectivity index (χ4n) is 0.421. The molecule has 1 amide bonds. The topological polar surface area (TPSA) is 38.3 Å². The maximum absolute atomic E-state index is 10.9. The van der Waals surface area contributed by atoms with Crippen molar-refractivity contribution in [2.24, 2.45) is 0 Å². The lowest BCUT2D eigenvalue weighted by atomic mass is 10.8. The summed E-state index contributed by atoms with van der Waals surface area (Å²) in [5.74, 6) is 0.566. The van der Waals surface area contributed by atoms with E-state index in [4.69, 9.17) is 34.8 Å². The second kappa shape index (κ2) is 8.47. The van der Waals surface area contributed by atoms with E-state index in [0.29, 0.717) is 5.75 Å². The fraction of sp³-hybridized carbons (Fsp3) is 0.429. The van der Waals surface area contributed by atoms with Crippen molar-refractivity contribution in [3.63, 3.8) is 0 Å². The minimum Gasteiger partial charge on any atom is -0.445 e. The van der Waals surface area contributed by atoms with E-state index in [1.165, 1.54) is 18.0 Å². The Morgan fingerprint density at radius 1 is 1.60 bits per heavy atom. The largest absolute Gasteiger partial charge is 0.445 e. The second-order valence-electron chi connectivity index (χ2n) is 2.09. The van der Waals surface area contributed by atoms with Gasteiger partial charge in [0.1, 0.15) is 6.61 Å². The van der Waals surface area contributed by atoms with Crippen LogP contribution in [-0.2, 0) is 4.74 Å². The molecule has 0 fully saturated rings. The number of hydrogen-bond donors (Lipinski definition) is 1. The lowest BCUT2D eigenvalue weighted by Gasteiger charge is -2.10.